The van der Waals surface area contributed by atoms with Crippen LogP contribution in [-0.4, -0.2) is 6.29 Å². The summed E-state index contributed by atoms with van der Waals surface area (Å²) in [4.78, 5) is 9.94. The molecule has 0 radical (unpaired) electrons. The van der Waals surface area contributed by atoms with Gasteiger partial charge in [0.2, 0.25) is 0 Å². The van der Waals surface area contributed by atoms with E-state index in [1.165, 1.54) is 6.08 Å². The van der Waals surface area contributed by atoms with Crippen LogP contribution in [0.3, 0.4) is 0 Å². The standard InChI is InChI=1S/C11H9ClO/c12-11-8-4-3-7-10(11)6-2-1-5-9-13/h1-9H/b5-1+,6-2+. The van der Waals surface area contributed by atoms with E-state index in [1.807, 2.05) is 30.3 Å². The Labute approximate surface area is 82.3 Å². The van der Waals surface area contributed by atoms with Crippen molar-refractivity contribution in [2.45, 2.75) is 0 Å². The number of hydrogen-bond donors (Lipinski definition) is 0. The van der Waals surface area contributed by atoms with E-state index in [0.717, 1.165) is 11.8 Å². The Bertz CT molecular complexity index is 340. The van der Waals surface area contributed by atoms with Gasteiger partial charge in [0.15, 0.2) is 0 Å². The molecule has 1 nitrogen and oxygen atoms in total. The van der Waals surface area contributed by atoms with Crippen molar-refractivity contribution >= 4 is 24.0 Å². The van der Waals surface area contributed by atoms with Gasteiger partial charge in [-0.2, -0.15) is 0 Å². The summed E-state index contributed by atoms with van der Waals surface area (Å²) in [7, 11) is 0. The summed E-state index contributed by atoms with van der Waals surface area (Å²) in [6.45, 7) is 0. The van der Waals surface area contributed by atoms with Gasteiger partial charge >= 0.3 is 0 Å². The molecule has 1 rings (SSSR count). The molecule has 2 heteroatoms. The number of aldehydes is 1. The van der Waals surface area contributed by atoms with Crippen LogP contribution in [0.25, 0.3) is 6.08 Å². The smallest absolute Gasteiger partial charge is 0.142 e. The average Bonchev–Trinajstić information content (AvgIpc) is 2.15. The lowest BCUT2D eigenvalue weighted by Crippen LogP contribution is -1.71. The van der Waals surface area contributed by atoms with E-state index in [1.54, 1.807) is 12.2 Å². The second-order valence-corrected chi connectivity index (χ2v) is 2.81. The number of carbonyl (C=O) groups is 1. The highest BCUT2D eigenvalue weighted by Crippen LogP contribution is 2.15. The van der Waals surface area contributed by atoms with Crippen LogP contribution in [0.1, 0.15) is 5.56 Å². The van der Waals surface area contributed by atoms with Crippen molar-refractivity contribution in [3.8, 4) is 0 Å². The highest BCUT2D eigenvalue weighted by Gasteiger charge is 1.90. The molecule has 0 aromatic heterocycles. The summed E-state index contributed by atoms with van der Waals surface area (Å²) in [5, 5.41) is 0.707. The number of allylic oxidation sites excluding steroid dienone is 3. The first-order chi connectivity index (χ1) is 6.34. The largest absolute Gasteiger partial charge is 0.299 e. The first kappa shape index (κ1) is 9.75. The fraction of sp³-hybridized carbons (Fsp3) is 0. The quantitative estimate of drug-likeness (QED) is 0.409. The maximum atomic E-state index is 9.94. The van der Waals surface area contributed by atoms with E-state index in [2.05, 4.69) is 0 Å². The minimum Gasteiger partial charge on any atom is -0.299 e. The second kappa shape index (κ2) is 5.33. The zero-order chi connectivity index (χ0) is 9.52. The molecule has 0 saturated carbocycles. The van der Waals surface area contributed by atoms with Crippen molar-refractivity contribution in [3.05, 3.63) is 53.1 Å². The summed E-state index contributed by atoms with van der Waals surface area (Å²) in [5.74, 6) is 0. The van der Waals surface area contributed by atoms with Crippen molar-refractivity contribution < 1.29 is 4.79 Å². The van der Waals surface area contributed by atoms with E-state index in [4.69, 9.17) is 11.6 Å². The first-order valence-corrected chi connectivity index (χ1v) is 4.25. The van der Waals surface area contributed by atoms with Gasteiger partial charge in [0.05, 0.1) is 0 Å². The second-order valence-electron chi connectivity index (χ2n) is 2.40. The molecule has 1 aromatic rings. The predicted octanol–water partition coefficient (Wildman–Crippen LogP) is 3.11. The van der Waals surface area contributed by atoms with Crippen LogP contribution >= 0.6 is 11.6 Å². The molecule has 1 aromatic carbocycles. The molecule has 0 heterocycles. The molecule has 0 unspecified atom stereocenters. The fourth-order valence-electron chi connectivity index (χ4n) is 0.879. The molecule has 0 fully saturated rings. The van der Waals surface area contributed by atoms with Gasteiger partial charge in [-0.15, -0.1) is 0 Å². The molecular weight excluding hydrogens is 184 g/mol. The monoisotopic (exact) mass is 192 g/mol. The Balaban J connectivity index is 2.74. The Morgan fingerprint density at radius 2 is 1.85 bits per heavy atom. The molecule has 0 atom stereocenters. The van der Waals surface area contributed by atoms with E-state index in [-0.39, 0.29) is 0 Å². The SMILES string of the molecule is O=C/C=C/C=C/c1ccccc1Cl. The summed E-state index contributed by atoms with van der Waals surface area (Å²) in [6.07, 6.45) is 7.44. The fourth-order valence-corrected chi connectivity index (χ4v) is 1.08. The van der Waals surface area contributed by atoms with Crippen LogP contribution in [0.15, 0.2) is 42.5 Å². The molecule has 0 aliphatic rings. The van der Waals surface area contributed by atoms with Crippen molar-refractivity contribution in [2.24, 2.45) is 0 Å². The molecular formula is C11H9ClO. The van der Waals surface area contributed by atoms with Gasteiger partial charge in [-0.1, -0.05) is 48.0 Å². The lowest BCUT2D eigenvalue weighted by atomic mass is 10.2. The molecule has 0 aliphatic heterocycles. The maximum absolute atomic E-state index is 9.94. The minimum atomic E-state index is 0.707. The van der Waals surface area contributed by atoms with Crippen LogP contribution in [-0.2, 0) is 4.79 Å². The number of halogens is 1. The van der Waals surface area contributed by atoms with Gasteiger partial charge in [-0.3, -0.25) is 4.79 Å². The molecule has 0 aliphatic carbocycles. The Morgan fingerprint density at radius 3 is 2.54 bits per heavy atom. The van der Waals surface area contributed by atoms with Gasteiger partial charge in [-0.25, -0.2) is 0 Å². The molecule has 66 valence electrons. The van der Waals surface area contributed by atoms with Gasteiger partial charge in [0, 0.05) is 5.02 Å². The minimum absolute atomic E-state index is 0.707. The zero-order valence-corrected chi connectivity index (χ0v) is 7.74. The summed E-state index contributed by atoms with van der Waals surface area (Å²) in [6, 6.07) is 7.52. The van der Waals surface area contributed by atoms with Crippen molar-refractivity contribution in [3.63, 3.8) is 0 Å². The number of carbonyl (C=O) groups excluding carboxylic acids is 1. The number of hydrogen-bond acceptors (Lipinski definition) is 1. The highest BCUT2D eigenvalue weighted by molar-refractivity contribution is 6.32. The van der Waals surface area contributed by atoms with E-state index >= 15 is 0 Å². The van der Waals surface area contributed by atoms with Crippen molar-refractivity contribution in [1.29, 1.82) is 0 Å². The van der Waals surface area contributed by atoms with E-state index in [9.17, 15) is 4.79 Å². The van der Waals surface area contributed by atoms with Crippen LogP contribution < -0.4 is 0 Å². The van der Waals surface area contributed by atoms with Crippen LogP contribution in [0.5, 0.6) is 0 Å². The number of rotatable bonds is 3. The van der Waals surface area contributed by atoms with Gasteiger partial charge in [-0.05, 0) is 17.7 Å². The summed E-state index contributed by atoms with van der Waals surface area (Å²) < 4.78 is 0. The van der Waals surface area contributed by atoms with Gasteiger partial charge < -0.3 is 0 Å². The molecule has 0 spiro atoms. The third-order valence-corrected chi connectivity index (χ3v) is 1.83. The van der Waals surface area contributed by atoms with Crippen molar-refractivity contribution in [1.82, 2.24) is 0 Å². The molecule has 0 saturated heterocycles. The number of benzene rings is 1. The first-order valence-electron chi connectivity index (χ1n) is 3.87. The van der Waals surface area contributed by atoms with E-state index in [0.29, 0.717) is 5.02 Å². The summed E-state index contributed by atoms with van der Waals surface area (Å²) in [5.41, 5.74) is 0.944. The predicted molar refractivity (Wildman–Crippen MR) is 55.7 cm³/mol. The third-order valence-electron chi connectivity index (χ3n) is 1.48. The van der Waals surface area contributed by atoms with Crippen LogP contribution in [0.2, 0.25) is 5.02 Å². The Morgan fingerprint density at radius 1 is 1.08 bits per heavy atom. The molecule has 13 heavy (non-hydrogen) atoms. The lowest BCUT2D eigenvalue weighted by Gasteiger charge is -1.94. The van der Waals surface area contributed by atoms with E-state index < -0.39 is 0 Å². The zero-order valence-electron chi connectivity index (χ0n) is 6.98. The topological polar surface area (TPSA) is 17.1 Å². The normalized spacial score (nSPS) is 11.2. The van der Waals surface area contributed by atoms with Crippen molar-refractivity contribution in [2.75, 3.05) is 0 Å². The maximum Gasteiger partial charge on any atom is 0.142 e. The van der Waals surface area contributed by atoms with Gasteiger partial charge in [0.25, 0.3) is 0 Å². The molecule has 0 bridgehead atoms. The average molecular weight is 193 g/mol. The van der Waals surface area contributed by atoms with Crippen LogP contribution in [0, 0.1) is 0 Å². The lowest BCUT2D eigenvalue weighted by molar-refractivity contribution is -0.104. The van der Waals surface area contributed by atoms with Gasteiger partial charge in [0.1, 0.15) is 6.29 Å². The third kappa shape index (κ3) is 3.26. The Kier molecular flexibility index (Phi) is 4.00. The molecule has 0 amide bonds. The van der Waals surface area contributed by atoms with Crippen LogP contribution in [0.4, 0.5) is 0 Å². The highest BCUT2D eigenvalue weighted by atomic mass is 35.5. The summed E-state index contributed by atoms with van der Waals surface area (Å²) >= 11 is 5.89. The Hall–Kier alpha value is -1.34. The molecule has 0 N–H and O–H groups in total.